The molecule has 0 aromatic carbocycles. The number of hydrogen-bond acceptors (Lipinski definition) is 8. The first-order chi connectivity index (χ1) is 36.3. The Morgan fingerprint density at radius 3 is 1.24 bits per heavy atom. The third-order valence-electron chi connectivity index (χ3n) is 14.8. The summed E-state index contributed by atoms with van der Waals surface area (Å²) < 4.78 is 11.3. The monoisotopic (exact) mass is 1040 g/mol. The number of aliphatic hydroxyl groups is 5. The van der Waals surface area contributed by atoms with Crippen LogP contribution in [0.15, 0.2) is 60.8 Å². The van der Waals surface area contributed by atoms with Crippen LogP contribution in [0.25, 0.3) is 0 Å². The average Bonchev–Trinajstić information content (AvgIpc) is 3.40. The third-order valence-corrected chi connectivity index (χ3v) is 14.8. The van der Waals surface area contributed by atoms with Crippen molar-refractivity contribution >= 4 is 5.91 Å². The lowest BCUT2D eigenvalue weighted by atomic mass is 9.99. The number of hydrogen-bond donors (Lipinski definition) is 6. The van der Waals surface area contributed by atoms with Gasteiger partial charge in [-0.15, -0.1) is 0 Å². The maximum absolute atomic E-state index is 13.1. The summed E-state index contributed by atoms with van der Waals surface area (Å²) >= 11 is 0. The van der Waals surface area contributed by atoms with E-state index in [1.165, 1.54) is 186 Å². The molecule has 0 radical (unpaired) electrons. The average molecular weight is 1040 g/mol. The van der Waals surface area contributed by atoms with Crippen molar-refractivity contribution in [3.8, 4) is 0 Å². The van der Waals surface area contributed by atoms with Crippen molar-refractivity contribution in [2.24, 2.45) is 0 Å². The van der Waals surface area contributed by atoms with E-state index in [-0.39, 0.29) is 12.5 Å². The van der Waals surface area contributed by atoms with Gasteiger partial charge in [-0.3, -0.25) is 4.79 Å². The molecule has 9 heteroatoms. The Morgan fingerprint density at radius 1 is 0.473 bits per heavy atom. The van der Waals surface area contributed by atoms with Gasteiger partial charge < -0.3 is 40.3 Å². The summed E-state index contributed by atoms with van der Waals surface area (Å²) in [6, 6.07) is -0.817. The number of aliphatic hydroxyl groups excluding tert-OH is 5. The van der Waals surface area contributed by atoms with E-state index in [1.807, 2.05) is 6.08 Å². The maximum Gasteiger partial charge on any atom is 0.220 e. The van der Waals surface area contributed by atoms with E-state index in [1.54, 1.807) is 6.08 Å². The van der Waals surface area contributed by atoms with Crippen LogP contribution in [0.5, 0.6) is 0 Å². The number of carbonyl (C=O) groups is 1. The minimum Gasteiger partial charge on any atom is -0.394 e. The van der Waals surface area contributed by atoms with Crippen molar-refractivity contribution in [1.29, 1.82) is 0 Å². The fraction of sp³-hybridized carbons (Fsp3) is 0.831. The van der Waals surface area contributed by atoms with Gasteiger partial charge in [-0.1, -0.05) is 286 Å². The van der Waals surface area contributed by atoms with Crippen LogP contribution in [0, 0.1) is 0 Å². The van der Waals surface area contributed by atoms with E-state index in [0.717, 1.165) is 83.5 Å². The minimum atomic E-state index is -1.57. The molecule has 1 aliphatic rings. The first-order valence-electron chi connectivity index (χ1n) is 31.5. The number of nitrogens with one attached hydrogen (secondary N) is 1. The van der Waals surface area contributed by atoms with Gasteiger partial charge >= 0.3 is 0 Å². The zero-order chi connectivity index (χ0) is 53.6. The van der Waals surface area contributed by atoms with Gasteiger partial charge in [-0.05, 0) is 57.8 Å². The smallest absolute Gasteiger partial charge is 0.220 e. The molecular formula is C65H119NO8. The van der Waals surface area contributed by atoms with Gasteiger partial charge in [-0.2, -0.15) is 0 Å². The molecule has 1 saturated heterocycles. The molecule has 1 amide bonds. The van der Waals surface area contributed by atoms with E-state index in [2.05, 4.69) is 67.8 Å². The molecule has 1 heterocycles. The molecule has 7 unspecified atom stereocenters. The summed E-state index contributed by atoms with van der Waals surface area (Å²) in [5.74, 6) is -0.190. The third kappa shape index (κ3) is 42.9. The molecule has 74 heavy (non-hydrogen) atoms. The van der Waals surface area contributed by atoms with Crippen LogP contribution < -0.4 is 5.32 Å². The van der Waals surface area contributed by atoms with Crippen molar-refractivity contribution in [2.45, 2.75) is 333 Å². The Balaban J connectivity index is 2.16. The molecule has 432 valence electrons. The quantitative estimate of drug-likeness (QED) is 0.0261. The van der Waals surface area contributed by atoms with Gasteiger partial charge in [0.25, 0.3) is 0 Å². The lowest BCUT2D eigenvalue weighted by molar-refractivity contribution is -0.302. The number of unbranched alkanes of at least 4 members (excludes halogenated alkanes) is 36. The highest BCUT2D eigenvalue weighted by Crippen LogP contribution is 2.23. The molecule has 0 aliphatic carbocycles. The highest BCUT2D eigenvalue weighted by molar-refractivity contribution is 5.76. The first-order valence-corrected chi connectivity index (χ1v) is 31.5. The van der Waals surface area contributed by atoms with Crippen LogP contribution in [-0.2, 0) is 14.3 Å². The summed E-state index contributed by atoms with van der Waals surface area (Å²) in [6.07, 6.45) is 67.4. The van der Waals surface area contributed by atoms with Gasteiger partial charge in [0, 0.05) is 6.42 Å². The Hall–Kier alpha value is -2.11. The SMILES string of the molecule is CC/C=C\C/C=C\C/C=C\C/C=C\CCCCCCCCC(=O)NC(COC1OC(CO)C(O)C(O)C1O)C(O)/C=C/CCCCCCCCCCCCCCCCCCCCCCCCCCCCCCCC. The number of amides is 1. The van der Waals surface area contributed by atoms with Crippen molar-refractivity contribution in [3.63, 3.8) is 0 Å². The van der Waals surface area contributed by atoms with Crippen LogP contribution in [0.3, 0.4) is 0 Å². The largest absolute Gasteiger partial charge is 0.394 e. The second kappa shape index (κ2) is 54.3. The summed E-state index contributed by atoms with van der Waals surface area (Å²) in [7, 11) is 0. The Kier molecular flexibility index (Phi) is 51.3. The van der Waals surface area contributed by atoms with Crippen molar-refractivity contribution < 1.29 is 39.8 Å². The van der Waals surface area contributed by atoms with Crippen LogP contribution >= 0.6 is 0 Å². The number of ether oxygens (including phenoxy) is 2. The topological polar surface area (TPSA) is 149 Å². The fourth-order valence-electron chi connectivity index (χ4n) is 9.92. The normalized spacial score (nSPS) is 19.4. The second-order valence-electron chi connectivity index (χ2n) is 21.8. The first kappa shape index (κ1) is 69.9. The molecular weight excluding hydrogens is 923 g/mol. The standard InChI is InChI=1S/C65H119NO8/c1-3-5-7-9-11-13-15-17-19-21-23-24-25-26-27-28-29-30-31-32-33-34-35-37-38-40-42-44-46-48-50-52-54-59(68)58(57-73-65-64(72)63(71)62(70)60(56-67)74-65)66-61(69)55-53-51-49-47-45-43-41-39-36-22-20-18-16-14-12-10-8-6-4-2/h6,8,12,14,18,20,36,39,52,54,58-60,62-65,67-68,70-72H,3-5,7,9-11,13,15-17,19,21-35,37-38,40-51,53,55-57H2,1-2H3,(H,66,69)/b8-6-,14-12-,20-18-,39-36-,54-52+. The lowest BCUT2D eigenvalue weighted by Gasteiger charge is -2.40. The van der Waals surface area contributed by atoms with E-state index in [4.69, 9.17) is 9.47 Å². The molecule has 9 nitrogen and oxygen atoms in total. The van der Waals surface area contributed by atoms with Gasteiger partial charge in [0.1, 0.15) is 24.4 Å². The molecule has 1 fully saturated rings. The lowest BCUT2D eigenvalue weighted by Crippen LogP contribution is -2.60. The van der Waals surface area contributed by atoms with E-state index >= 15 is 0 Å². The Labute approximate surface area is 456 Å². The predicted molar refractivity (Wildman–Crippen MR) is 313 cm³/mol. The fourth-order valence-corrected chi connectivity index (χ4v) is 9.92. The zero-order valence-corrected chi connectivity index (χ0v) is 48.1. The van der Waals surface area contributed by atoms with Gasteiger partial charge in [0.15, 0.2) is 6.29 Å². The van der Waals surface area contributed by atoms with Crippen molar-refractivity contribution in [3.05, 3.63) is 60.8 Å². The summed E-state index contributed by atoms with van der Waals surface area (Å²) in [5.41, 5.74) is 0. The molecule has 6 N–H and O–H groups in total. The molecule has 0 spiro atoms. The molecule has 0 aromatic heterocycles. The molecule has 0 saturated carbocycles. The van der Waals surface area contributed by atoms with Crippen LogP contribution in [0.1, 0.15) is 290 Å². The van der Waals surface area contributed by atoms with E-state index < -0.39 is 49.5 Å². The summed E-state index contributed by atoms with van der Waals surface area (Å²) in [4.78, 5) is 13.1. The number of allylic oxidation sites excluding steroid dienone is 9. The molecule has 0 aromatic rings. The number of carbonyl (C=O) groups excluding carboxylic acids is 1. The maximum atomic E-state index is 13.1. The summed E-state index contributed by atoms with van der Waals surface area (Å²) in [5, 5.41) is 54.6. The Bertz CT molecular complexity index is 1350. The van der Waals surface area contributed by atoms with Gasteiger partial charge in [0.2, 0.25) is 5.91 Å². The van der Waals surface area contributed by atoms with Gasteiger partial charge in [0.05, 0.1) is 25.4 Å². The van der Waals surface area contributed by atoms with Crippen LogP contribution in [-0.4, -0.2) is 87.5 Å². The predicted octanol–water partition coefficient (Wildman–Crippen LogP) is 16.2. The van der Waals surface area contributed by atoms with Crippen LogP contribution in [0.4, 0.5) is 0 Å². The molecule has 1 aliphatic heterocycles. The van der Waals surface area contributed by atoms with Crippen molar-refractivity contribution in [1.82, 2.24) is 5.32 Å². The highest BCUT2D eigenvalue weighted by Gasteiger charge is 2.44. The zero-order valence-electron chi connectivity index (χ0n) is 48.1. The van der Waals surface area contributed by atoms with Gasteiger partial charge in [-0.25, -0.2) is 0 Å². The van der Waals surface area contributed by atoms with Crippen molar-refractivity contribution in [2.75, 3.05) is 13.2 Å². The molecule has 7 atom stereocenters. The summed E-state index contributed by atoms with van der Waals surface area (Å²) in [6.45, 7) is 3.68. The van der Waals surface area contributed by atoms with E-state index in [0.29, 0.717) is 6.42 Å². The second-order valence-corrected chi connectivity index (χ2v) is 21.8. The molecule has 1 rings (SSSR count). The van der Waals surface area contributed by atoms with Crippen LogP contribution in [0.2, 0.25) is 0 Å². The van der Waals surface area contributed by atoms with E-state index in [9.17, 15) is 30.3 Å². The highest BCUT2D eigenvalue weighted by atomic mass is 16.7. The molecule has 0 bridgehead atoms. The number of rotatable bonds is 54. The minimum absolute atomic E-state index is 0.190. The Morgan fingerprint density at radius 2 is 0.838 bits per heavy atom.